The fourth-order valence-corrected chi connectivity index (χ4v) is 4.27. The summed E-state index contributed by atoms with van der Waals surface area (Å²) >= 11 is 4.64. The zero-order valence-corrected chi connectivity index (χ0v) is 23.8. The zero-order valence-electron chi connectivity index (χ0n) is 23.0. The highest BCUT2D eigenvalue weighted by Gasteiger charge is 2.23. The van der Waals surface area contributed by atoms with Crippen molar-refractivity contribution in [1.29, 1.82) is 0 Å². The summed E-state index contributed by atoms with van der Waals surface area (Å²) in [5.41, 5.74) is 3.98. The largest absolute Gasteiger partial charge is 0.486 e. The number of amides is 2. The summed E-state index contributed by atoms with van der Waals surface area (Å²) in [6, 6.07) is 17.1. The van der Waals surface area contributed by atoms with Crippen LogP contribution in [0.3, 0.4) is 0 Å². The number of alkyl halides is 2. The number of carbonyl (C=O) groups excluding carboxylic acids is 2. The molecular formula is C31H35ClFN3O3. The Kier molecular flexibility index (Phi) is 10.2. The summed E-state index contributed by atoms with van der Waals surface area (Å²) in [5, 5.41) is 2.86. The Morgan fingerprint density at radius 3 is 2.46 bits per heavy atom. The number of aromatic nitrogens is 1. The molecule has 0 saturated heterocycles. The second-order valence-electron chi connectivity index (χ2n) is 10.0. The van der Waals surface area contributed by atoms with Gasteiger partial charge in [-0.15, -0.1) is 11.6 Å². The lowest BCUT2D eigenvalue weighted by Crippen LogP contribution is -2.37. The van der Waals surface area contributed by atoms with Crippen molar-refractivity contribution in [3.05, 3.63) is 95.3 Å². The van der Waals surface area contributed by atoms with E-state index >= 15 is 0 Å². The van der Waals surface area contributed by atoms with Crippen molar-refractivity contribution in [2.45, 2.75) is 45.5 Å². The number of carbonyl (C=O) groups is 2. The first-order valence-electron chi connectivity index (χ1n) is 12.7. The molecule has 0 radical (unpaired) electrons. The van der Waals surface area contributed by atoms with Crippen molar-refractivity contribution >= 4 is 23.4 Å². The SMILES string of the molecule is CCl.Cc1ccc(CNC(=O)/C=C/C2Cc3cc(-c4ccc(C(=O)N(C)CC(C)(C)F)cc4)ccc3O2)cn1. The monoisotopic (exact) mass is 551 g/mol. The van der Waals surface area contributed by atoms with E-state index in [4.69, 9.17) is 4.74 Å². The minimum absolute atomic E-state index is 0.0277. The summed E-state index contributed by atoms with van der Waals surface area (Å²) in [5.74, 6) is 0.400. The second-order valence-corrected chi connectivity index (χ2v) is 10.0. The molecule has 0 saturated carbocycles. The Labute approximate surface area is 234 Å². The molecule has 2 aromatic carbocycles. The molecular weight excluding hydrogens is 517 g/mol. The van der Waals surface area contributed by atoms with Gasteiger partial charge in [0.1, 0.15) is 17.5 Å². The van der Waals surface area contributed by atoms with E-state index in [-0.39, 0.29) is 24.5 Å². The van der Waals surface area contributed by atoms with Gasteiger partial charge in [0.25, 0.3) is 5.91 Å². The first-order chi connectivity index (χ1) is 18.6. The van der Waals surface area contributed by atoms with Crippen LogP contribution >= 0.6 is 11.6 Å². The molecule has 1 unspecified atom stereocenters. The van der Waals surface area contributed by atoms with Crippen LogP contribution in [-0.4, -0.2) is 53.4 Å². The fourth-order valence-electron chi connectivity index (χ4n) is 4.27. The number of fused-ring (bicyclic) bond motifs is 1. The number of nitrogens with one attached hydrogen (secondary N) is 1. The highest BCUT2D eigenvalue weighted by Crippen LogP contribution is 2.33. The number of ether oxygens (including phenoxy) is 1. The average molecular weight is 552 g/mol. The molecule has 3 aromatic rings. The molecule has 39 heavy (non-hydrogen) atoms. The van der Waals surface area contributed by atoms with Crippen molar-refractivity contribution in [2.24, 2.45) is 0 Å². The predicted octanol–water partition coefficient (Wildman–Crippen LogP) is 5.91. The molecule has 0 bridgehead atoms. The molecule has 2 amide bonds. The molecule has 2 heterocycles. The van der Waals surface area contributed by atoms with Crippen LogP contribution in [0.4, 0.5) is 4.39 Å². The maximum Gasteiger partial charge on any atom is 0.253 e. The van der Waals surface area contributed by atoms with Crippen molar-refractivity contribution in [2.75, 3.05) is 20.0 Å². The Bertz CT molecular complexity index is 1300. The van der Waals surface area contributed by atoms with Gasteiger partial charge in [0.2, 0.25) is 5.91 Å². The van der Waals surface area contributed by atoms with Gasteiger partial charge in [-0.1, -0.05) is 24.3 Å². The maximum absolute atomic E-state index is 13.9. The summed E-state index contributed by atoms with van der Waals surface area (Å²) < 4.78 is 19.9. The van der Waals surface area contributed by atoms with Crippen LogP contribution in [0.2, 0.25) is 0 Å². The van der Waals surface area contributed by atoms with Crippen molar-refractivity contribution < 1.29 is 18.7 Å². The Morgan fingerprint density at radius 1 is 1.13 bits per heavy atom. The molecule has 1 aliphatic heterocycles. The third-order valence-electron chi connectivity index (χ3n) is 6.09. The number of hydrogen-bond donors (Lipinski definition) is 1. The van der Waals surface area contributed by atoms with Crippen LogP contribution in [0.15, 0.2) is 72.9 Å². The number of halogens is 2. The number of aryl methyl sites for hydroxylation is 1. The molecule has 6 nitrogen and oxygen atoms in total. The molecule has 8 heteroatoms. The van der Waals surface area contributed by atoms with Gasteiger partial charge in [-0.25, -0.2) is 4.39 Å². The van der Waals surface area contributed by atoms with Crippen LogP contribution < -0.4 is 10.1 Å². The molecule has 1 aromatic heterocycles. The van der Waals surface area contributed by atoms with Crippen molar-refractivity contribution in [1.82, 2.24) is 15.2 Å². The van der Waals surface area contributed by atoms with Crippen LogP contribution in [-0.2, 0) is 17.8 Å². The second kappa shape index (κ2) is 13.4. The van der Waals surface area contributed by atoms with E-state index in [1.54, 1.807) is 31.5 Å². The number of hydrogen-bond acceptors (Lipinski definition) is 4. The minimum atomic E-state index is -1.45. The van der Waals surface area contributed by atoms with Gasteiger partial charge in [0.05, 0.1) is 6.54 Å². The van der Waals surface area contributed by atoms with E-state index in [1.165, 1.54) is 31.2 Å². The predicted molar refractivity (Wildman–Crippen MR) is 154 cm³/mol. The standard InChI is InChI=1S/C30H32FN3O3.CH3Cl/c1-20-5-6-21(17-32-20)18-33-28(35)14-12-26-16-25-15-24(11-13-27(25)37-26)22-7-9-23(10-8-22)29(36)34(4)19-30(2,3)31;1-2/h5-15,17,26H,16,18-19H2,1-4H3,(H,33,35);1H3/b14-12+;. The third kappa shape index (κ3) is 8.65. The average Bonchev–Trinajstić information content (AvgIpc) is 3.34. The quantitative estimate of drug-likeness (QED) is 0.279. The Morgan fingerprint density at radius 2 is 1.82 bits per heavy atom. The van der Waals surface area contributed by atoms with Crippen LogP contribution in [0.5, 0.6) is 5.75 Å². The van der Waals surface area contributed by atoms with Gasteiger partial charge in [-0.2, -0.15) is 0 Å². The molecule has 1 N–H and O–H groups in total. The van der Waals surface area contributed by atoms with Gasteiger partial charge < -0.3 is 15.0 Å². The van der Waals surface area contributed by atoms with E-state index in [1.807, 2.05) is 43.3 Å². The molecule has 0 aliphatic carbocycles. The highest BCUT2D eigenvalue weighted by molar-refractivity contribution is 6.15. The normalized spacial score (nSPS) is 14.2. The number of rotatable bonds is 8. The lowest BCUT2D eigenvalue weighted by molar-refractivity contribution is -0.116. The fraction of sp³-hybridized carbons (Fsp3) is 0.323. The molecule has 0 fully saturated rings. The topological polar surface area (TPSA) is 71.5 Å². The minimum Gasteiger partial charge on any atom is -0.486 e. The van der Waals surface area contributed by atoms with E-state index < -0.39 is 5.67 Å². The Hall–Kier alpha value is -3.71. The zero-order chi connectivity index (χ0) is 28.6. The first kappa shape index (κ1) is 29.8. The van der Waals surface area contributed by atoms with Crippen LogP contribution in [0.1, 0.15) is 41.0 Å². The smallest absolute Gasteiger partial charge is 0.253 e. The summed E-state index contributed by atoms with van der Waals surface area (Å²) in [4.78, 5) is 30.4. The van der Waals surface area contributed by atoms with Crippen LogP contribution in [0, 0.1) is 6.92 Å². The van der Waals surface area contributed by atoms with Gasteiger partial charge in [-0.3, -0.25) is 14.6 Å². The van der Waals surface area contributed by atoms with Gasteiger partial charge in [0.15, 0.2) is 0 Å². The van der Waals surface area contributed by atoms with E-state index in [9.17, 15) is 14.0 Å². The van der Waals surface area contributed by atoms with E-state index in [0.717, 1.165) is 33.7 Å². The molecule has 0 spiro atoms. The molecule has 4 rings (SSSR count). The Balaban J connectivity index is 0.00000205. The lowest BCUT2D eigenvalue weighted by Gasteiger charge is -2.23. The van der Waals surface area contributed by atoms with E-state index in [0.29, 0.717) is 18.5 Å². The van der Waals surface area contributed by atoms with Gasteiger partial charge in [0, 0.05) is 49.9 Å². The maximum atomic E-state index is 13.9. The van der Waals surface area contributed by atoms with E-state index in [2.05, 4.69) is 28.0 Å². The summed E-state index contributed by atoms with van der Waals surface area (Å²) in [6.07, 6.45) is 6.96. The third-order valence-corrected chi connectivity index (χ3v) is 6.09. The highest BCUT2D eigenvalue weighted by atomic mass is 35.5. The molecule has 1 aliphatic rings. The number of benzene rings is 2. The first-order valence-corrected chi connectivity index (χ1v) is 13.4. The summed E-state index contributed by atoms with van der Waals surface area (Å²) in [7, 11) is 1.61. The summed E-state index contributed by atoms with van der Waals surface area (Å²) in [6.45, 7) is 5.28. The van der Waals surface area contributed by atoms with Crippen LogP contribution in [0.25, 0.3) is 11.1 Å². The number of pyridine rings is 1. The lowest BCUT2D eigenvalue weighted by atomic mass is 9.99. The van der Waals surface area contributed by atoms with Crippen molar-refractivity contribution in [3.63, 3.8) is 0 Å². The van der Waals surface area contributed by atoms with Gasteiger partial charge >= 0.3 is 0 Å². The van der Waals surface area contributed by atoms with Crippen molar-refractivity contribution in [3.8, 4) is 16.9 Å². The molecule has 1 atom stereocenters. The van der Waals surface area contributed by atoms with Gasteiger partial charge in [-0.05, 0) is 79.4 Å². The molecule has 206 valence electrons. The number of nitrogens with zero attached hydrogens (tertiary/aromatic N) is 2.